The highest BCUT2D eigenvalue weighted by atomic mass is 16.5. The van der Waals surface area contributed by atoms with Crippen molar-refractivity contribution in [1.82, 2.24) is 0 Å². The first-order valence-electron chi connectivity index (χ1n) is 10.4. The molecule has 0 aromatic heterocycles. The molecule has 0 saturated heterocycles. The van der Waals surface area contributed by atoms with Crippen LogP contribution >= 0.6 is 0 Å². The molecule has 4 N–H and O–H groups in total. The van der Waals surface area contributed by atoms with Crippen LogP contribution in [0.1, 0.15) is 62.1 Å². The van der Waals surface area contributed by atoms with Gasteiger partial charge < -0.3 is 29.9 Å². The monoisotopic (exact) mass is 524 g/mol. The lowest BCUT2D eigenvalue weighted by atomic mass is 9.88. The first kappa shape index (κ1) is 28.7. The van der Waals surface area contributed by atoms with Crippen LogP contribution in [0.2, 0.25) is 0 Å². The van der Waals surface area contributed by atoms with E-state index in [4.69, 9.17) is 0 Å². The highest BCUT2D eigenvalue weighted by Gasteiger charge is 2.32. The zero-order chi connectivity index (χ0) is 28.6. The molecule has 0 bridgehead atoms. The third-order valence-electron chi connectivity index (χ3n) is 5.02. The Morgan fingerprint density at radius 2 is 0.947 bits per heavy atom. The molecule has 0 aliphatic heterocycles. The van der Waals surface area contributed by atoms with E-state index in [9.17, 15) is 49.2 Å². The highest BCUT2D eigenvalue weighted by Crippen LogP contribution is 2.32. The van der Waals surface area contributed by atoms with Gasteiger partial charge in [-0.1, -0.05) is 42.5 Å². The quantitative estimate of drug-likeness (QED) is 0.329. The number of hydrogen-bond acceptors (Lipinski definition) is 8. The Hall–Kier alpha value is -5.52. The number of ether oxygens (including phenoxy) is 2. The molecule has 3 rings (SSSR count). The third kappa shape index (κ3) is 6.18. The van der Waals surface area contributed by atoms with Crippen LogP contribution in [0.15, 0.2) is 60.7 Å². The third-order valence-corrected chi connectivity index (χ3v) is 5.02. The molecular formula is C26H20O12. The second kappa shape index (κ2) is 12.4. The molecule has 0 unspecified atom stereocenters. The predicted octanol–water partition coefficient (Wildman–Crippen LogP) is 3.41. The lowest BCUT2D eigenvalue weighted by molar-refractivity contribution is 0.0555. The molecule has 0 saturated carbocycles. The zero-order valence-corrected chi connectivity index (χ0v) is 19.8. The predicted molar refractivity (Wildman–Crippen MR) is 129 cm³/mol. The summed E-state index contributed by atoms with van der Waals surface area (Å²) in [5.41, 5.74) is -3.26. The Labute approximate surface area is 214 Å². The van der Waals surface area contributed by atoms with E-state index in [0.717, 1.165) is 6.07 Å². The molecule has 38 heavy (non-hydrogen) atoms. The molecule has 196 valence electrons. The van der Waals surface area contributed by atoms with Gasteiger partial charge in [-0.25, -0.2) is 28.8 Å². The SMILES string of the molecule is COC(=O)c1ccccc1C(=O)OC.O=C(O)c1cc(-c2ccccc2)c(C(=O)O)c(C(=O)O)c1C(=O)O. The summed E-state index contributed by atoms with van der Waals surface area (Å²) in [5, 5.41) is 37.1. The van der Waals surface area contributed by atoms with Gasteiger partial charge in [-0.2, -0.15) is 0 Å². The molecule has 3 aromatic rings. The lowest BCUT2D eigenvalue weighted by Gasteiger charge is -2.14. The first-order chi connectivity index (χ1) is 18.0. The van der Waals surface area contributed by atoms with Gasteiger partial charge in [0.2, 0.25) is 0 Å². The van der Waals surface area contributed by atoms with Gasteiger partial charge in [-0.3, -0.25) is 0 Å². The van der Waals surface area contributed by atoms with Crippen LogP contribution in [0.5, 0.6) is 0 Å². The van der Waals surface area contributed by atoms with E-state index in [1.54, 1.807) is 30.3 Å². The van der Waals surface area contributed by atoms with Crippen LogP contribution in [0.25, 0.3) is 11.1 Å². The average Bonchev–Trinajstić information content (AvgIpc) is 2.91. The first-order valence-corrected chi connectivity index (χ1v) is 10.4. The van der Waals surface area contributed by atoms with Gasteiger partial charge in [0.15, 0.2) is 0 Å². The largest absolute Gasteiger partial charge is 0.478 e. The maximum Gasteiger partial charge on any atom is 0.338 e. The molecule has 0 spiro atoms. The van der Waals surface area contributed by atoms with Crippen molar-refractivity contribution in [1.29, 1.82) is 0 Å². The summed E-state index contributed by atoms with van der Waals surface area (Å²) in [6, 6.07) is 14.8. The van der Waals surface area contributed by atoms with Gasteiger partial charge in [-0.05, 0) is 29.3 Å². The van der Waals surface area contributed by atoms with E-state index in [2.05, 4.69) is 9.47 Å². The summed E-state index contributed by atoms with van der Waals surface area (Å²) in [6.45, 7) is 0. The maximum atomic E-state index is 11.6. The van der Waals surface area contributed by atoms with E-state index < -0.39 is 58.1 Å². The number of carboxylic acids is 4. The van der Waals surface area contributed by atoms with Crippen LogP contribution in [-0.4, -0.2) is 70.5 Å². The van der Waals surface area contributed by atoms with Crippen molar-refractivity contribution in [3.8, 4) is 11.1 Å². The Morgan fingerprint density at radius 3 is 1.32 bits per heavy atom. The number of hydrogen-bond donors (Lipinski definition) is 4. The topological polar surface area (TPSA) is 202 Å². The van der Waals surface area contributed by atoms with Crippen LogP contribution in [-0.2, 0) is 9.47 Å². The van der Waals surface area contributed by atoms with Crippen molar-refractivity contribution in [3.05, 3.63) is 94.0 Å². The number of methoxy groups -OCH3 is 2. The number of carbonyl (C=O) groups excluding carboxylic acids is 2. The van der Waals surface area contributed by atoms with Crippen LogP contribution in [0.4, 0.5) is 0 Å². The number of esters is 2. The molecule has 0 radical (unpaired) electrons. The molecule has 3 aromatic carbocycles. The summed E-state index contributed by atoms with van der Waals surface area (Å²) < 4.78 is 9.05. The summed E-state index contributed by atoms with van der Waals surface area (Å²) >= 11 is 0. The van der Waals surface area contributed by atoms with E-state index in [0.29, 0.717) is 0 Å². The molecule has 0 heterocycles. The summed E-state index contributed by atoms with van der Waals surface area (Å²) in [5.74, 6) is -8.14. The minimum Gasteiger partial charge on any atom is -0.478 e. The Kier molecular flexibility index (Phi) is 9.40. The molecule has 0 atom stereocenters. The minimum absolute atomic E-state index is 0.192. The van der Waals surface area contributed by atoms with Crippen molar-refractivity contribution < 1.29 is 58.7 Å². The van der Waals surface area contributed by atoms with Crippen LogP contribution < -0.4 is 0 Å². The fourth-order valence-corrected chi connectivity index (χ4v) is 3.41. The fourth-order valence-electron chi connectivity index (χ4n) is 3.41. The molecule has 0 aliphatic rings. The van der Waals surface area contributed by atoms with Gasteiger partial charge >= 0.3 is 35.8 Å². The normalized spacial score (nSPS) is 9.84. The molecule has 12 nitrogen and oxygen atoms in total. The molecule has 0 amide bonds. The van der Waals surface area contributed by atoms with E-state index >= 15 is 0 Å². The average molecular weight is 524 g/mol. The summed E-state index contributed by atoms with van der Waals surface area (Å²) in [6.07, 6.45) is 0. The number of carboxylic acid groups (broad SMARTS) is 4. The van der Waals surface area contributed by atoms with Gasteiger partial charge in [-0.15, -0.1) is 0 Å². The van der Waals surface area contributed by atoms with Crippen molar-refractivity contribution in [3.63, 3.8) is 0 Å². The molecular weight excluding hydrogens is 504 g/mol. The highest BCUT2D eigenvalue weighted by molar-refractivity contribution is 6.16. The smallest absolute Gasteiger partial charge is 0.338 e. The number of rotatable bonds is 7. The Balaban J connectivity index is 0.000000308. The van der Waals surface area contributed by atoms with Crippen molar-refractivity contribution >= 4 is 35.8 Å². The second-order valence-electron chi connectivity index (χ2n) is 7.21. The van der Waals surface area contributed by atoms with E-state index in [1.165, 1.54) is 38.5 Å². The van der Waals surface area contributed by atoms with Crippen LogP contribution in [0, 0.1) is 0 Å². The van der Waals surface area contributed by atoms with Gasteiger partial charge in [0.05, 0.1) is 47.6 Å². The van der Waals surface area contributed by atoms with E-state index in [1.807, 2.05) is 0 Å². The number of benzene rings is 3. The summed E-state index contributed by atoms with van der Waals surface area (Å²) in [4.78, 5) is 68.2. The molecule has 0 fully saturated rings. The second-order valence-corrected chi connectivity index (χ2v) is 7.21. The van der Waals surface area contributed by atoms with Gasteiger partial charge in [0, 0.05) is 0 Å². The molecule has 12 heteroatoms. The Morgan fingerprint density at radius 1 is 0.526 bits per heavy atom. The van der Waals surface area contributed by atoms with Gasteiger partial charge in [0.25, 0.3) is 0 Å². The van der Waals surface area contributed by atoms with Crippen molar-refractivity contribution in [2.75, 3.05) is 14.2 Å². The standard InChI is InChI=1S/C16H10O8.C10H10O4/c17-13(18)9-6-8(7-4-2-1-3-5-7)10(14(19)20)12(16(23)24)11(9)15(21)22;1-13-9(11)7-5-3-4-6-8(7)10(12)14-2/h1-6H,(H,17,18)(H,19,20)(H,21,22)(H,23,24);3-6H,1-2H3. The molecule has 0 aliphatic carbocycles. The lowest BCUT2D eigenvalue weighted by Crippen LogP contribution is -2.20. The zero-order valence-electron chi connectivity index (χ0n) is 19.8. The van der Waals surface area contributed by atoms with Crippen LogP contribution in [0.3, 0.4) is 0 Å². The van der Waals surface area contributed by atoms with Gasteiger partial charge in [0.1, 0.15) is 0 Å². The Bertz CT molecular complexity index is 1390. The fraction of sp³-hybridized carbons (Fsp3) is 0.0769. The minimum atomic E-state index is -1.84. The maximum absolute atomic E-state index is 11.6. The van der Waals surface area contributed by atoms with Crippen molar-refractivity contribution in [2.24, 2.45) is 0 Å². The van der Waals surface area contributed by atoms with E-state index in [-0.39, 0.29) is 22.3 Å². The number of aromatic carboxylic acids is 4. The number of carbonyl (C=O) groups is 6. The summed E-state index contributed by atoms with van der Waals surface area (Å²) in [7, 11) is 2.52. The van der Waals surface area contributed by atoms with Crippen molar-refractivity contribution in [2.45, 2.75) is 0 Å².